The van der Waals surface area contributed by atoms with E-state index in [1.807, 2.05) is 18.2 Å². The number of nitrogens with one attached hydrogen (secondary N) is 1. The lowest BCUT2D eigenvalue weighted by Crippen LogP contribution is -2.25. The first-order valence-electron chi connectivity index (χ1n) is 6.61. The summed E-state index contributed by atoms with van der Waals surface area (Å²) >= 11 is 0. The molecule has 0 saturated heterocycles. The molecule has 5 nitrogen and oxygen atoms in total. The molecule has 2 aromatic rings. The van der Waals surface area contributed by atoms with Gasteiger partial charge in [-0.25, -0.2) is 0 Å². The van der Waals surface area contributed by atoms with Crippen molar-refractivity contribution < 1.29 is 4.79 Å². The summed E-state index contributed by atoms with van der Waals surface area (Å²) in [6.07, 6.45) is 3.53. The fourth-order valence-electron chi connectivity index (χ4n) is 2.10. The first-order chi connectivity index (χ1) is 9.69. The maximum absolute atomic E-state index is 11.9. The maximum atomic E-state index is 11.9. The molecular weight excluding hydrogens is 252 g/mol. The van der Waals surface area contributed by atoms with Gasteiger partial charge in [-0.2, -0.15) is 0 Å². The van der Waals surface area contributed by atoms with Crippen molar-refractivity contribution in [2.24, 2.45) is 0 Å². The minimum atomic E-state index is -0.335. The molecule has 0 bridgehead atoms. The first-order valence-corrected chi connectivity index (χ1v) is 6.61. The number of benzene rings is 1. The highest BCUT2D eigenvalue weighted by Crippen LogP contribution is 2.24. The molecule has 0 radical (unpaired) electrons. The average Bonchev–Trinajstić information content (AvgIpc) is 2.46. The van der Waals surface area contributed by atoms with Crippen LogP contribution in [0.2, 0.25) is 0 Å². The Labute approximate surface area is 117 Å². The highest BCUT2D eigenvalue weighted by atomic mass is 16.1. The van der Waals surface area contributed by atoms with Gasteiger partial charge < -0.3 is 11.1 Å². The molecule has 0 aliphatic heterocycles. The number of hydrogen-bond acceptors (Lipinski definition) is 4. The predicted molar refractivity (Wildman–Crippen MR) is 80.5 cm³/mol. The van der Waals surface area contributed by atoms with Gasteiger partial charge in [-0.05, 0) is 12.0 Å². The Morgan fingerprint density at radius 2 is 2.25 bits per heavy atom. The summed E-state index contributed by atoms with van der Waals surface area (Å²) in [5, 5.41) is 11.6. The maximum Gasteiger partial charge on any atom is 0.274 e. The van der Waals surface area contributed by atoms with Crippen LogP contribution in [0.5, 0.6) is 0 Å². The van der Waals surface area contributed by atoms with E-state index in [-0.39, 0.29) is 11.6 Å². The Balaban J connectivity index is 2.48. The number of hydrogen-bond donors (Lipinski definition) is 2. The van der Waals surface area contributed by atoms with Crippen molar-refractivity contribution in [1.29, 1.82) is 0 Å². The number of nitrogen functional groups attached to an aromatic ring is 1. The van der Waals surface area contributed by atoms with Crippen LogP contribution in [-0.2, 0) is 6.42 Å². The fraction of sp³-hybridized carbons (Fsp3) is 0.267. The van der Waals surface area contributed by atoms with Gasteiger partial charge in [0.2, 0.25) is 0 Å². The summed E-state index contributed by atoms with van der Waals surface area (Å²) in [5.74, 6) is -0.335. The summed E-state index contributed by atoms with van der Waals surface area (Å²) in [7, 11) is 0. The number of aromatic nitrogens is 2. The Morgan fingerprint density at radius 1 is 1.45 bits per heavy atom. The van der Waals surface area contributed by atoms with Gasteiger partial charge in [0.1, 0.15) is 0 Å². The Morgan fingerprint density at radius 3 is 2.95 bits per heavy atom. The van der Waals surface area contributed by atoms with E-state index < -0.39 is 0 Å². The van der Waals surface area contributed by atoms with Crippen molar-refractivity contribution in [3.8, 4) is 0 Å². The molecule has 104 valence electrons. The third-order valence-corrected chi connectivity index (χ3v) is 3.06. The van der Waals surface area contributed by atoms with Crippen molar-refractivity contribution in [2.45, 2.75) is 19.8 Å². The lowest BCUT2D eigenvalue weighted by molar-refractivity contribution is 0.0953. The van der Waals surface area contributed by atoms with E-state index in [2.05, 4.69) is 29.0 Å². The van der Waals surface area contributed by atoms with Gasteiger partial charge in [0.25, 0.3) is 5.91 Å². The normalized spacial score (nSPS) is 10.4. The fourth-order valence-corrected chi connectivity index (χ4v) is 2.10. The minimum Gasteiger partial charge on any atom is -0.396 e. The molecule has 0 saturated carbocycles. The van der Waals surface area contributed by atoms with Crippen molar-refractivity contribution in [2.75, 3.05) is 12.3 Å². The van der Waals surface area contributed by atoms with Gasteiger partial charge in [-0.3, -0.25) is 4.79 Å². The van der Waals surface area contributed by atoms with Crippen LogP contribution in [0.25, 0.3) is 10.9 Å². The predicted octanol–water partition coefficient (Wildman–Crippen LogP) is 2.08. The van der Waals surface area contributed by atoms with Gasteiger partial charge in [-0.15, -0.1) is 16.8 Å². The molecule has 2 rings (SSSR count). The van der Waals surface area contributed by atoms with Crippen LogP contribution in [0.4, 0.5) is 5.69 Å². The van der Waals surface area contributed by atoms with Gasteiger partial charge in [0, 0.05) is 11.9 Å². The number of anilines is 1. The summed E-state index contributed by atoms with van der Waals surface area (Å²) in [4.78, 5) is 11.9. The standard InChI is InChI=1S/C15H18N4O/c1-3-6-10-7-5-8-11-12(16)14(19-18-13(10)11)15(20)17-9-4-2/h4-5,7-8H,2-3,6,9H2,1H3,(H2,16,18)(H,17,20). The molecule has 0 unspecified atom stereocenters. The number of fused-ring (bicyclic) bond motifs is 1. The van der Waals surface area contributed by atoms with Crippen LogP contribution in [-0.4, -0.2) is 22.6 Å². The monoisotopic (exact) mass is 270 g/mol. The highest BCUT2D eigenvalue weighted by molar-refractivity contribution is 6.05. The number of nitrogens with two attached hydrogens (primary N) is 1. The van der Waals surface area contributed by atoms with Gasteiger partial charge >= 0.3 is 0 Å². The summed E-state index contributed by atoms with van der Waals surface area (Å²) < 4.78 is 0. The zero-order valence-electron chi connectivity index (χ0n) is 11.5. The number of carbonyl (C=O) groups excluding carboxylic acids is 1. The molecule has 1 amide bonds. The first kappa shape index (κ1) is 14.0. The molecule has 1 aromatic heterocycles. The molecular formula is C15H18N4O. The molecule has 0 atom stereocenters. The van der Waals surface area contributed by atoms with Gasteiger partial charge in [0.15, 0.2) is 5.69 Å². The SMILES string of the molecule is C=CCNC(=O)c1nnc2c(CCC)cccc2c1N. The lowest BCUT2D eigenvalue weighted by Gasteiger charge is -2.09. The summed E-state index contributed by atoms with van der Waals surface area (Å²) in [6, 6.07) is 5.80. The van der Waals surface area contributed by atoms with E-state index in [9.17, 15) is 4.79 Å². The number of rotatable bonds is 5. The number of aryl methyl sites for hydroxylation is 1. The Hall–Kier alpha value is -2.43. The van der Waals surface area contributed by atoms with E-state index in [1.165, 1.54) is 0 Å². The van der Waals surface area contributed by atoms with E-state index in [4.69, 9.17) is 5.73 Å². The quantitative estimate of drug-likeness (QED) is 0.815. The van der Waals surface area contributed by atoms with Crippen LogP contribution < -0.4 is 11.1 Å². The zero-order valence-corrected chi connectivity index (χ0v) is 11.5. The molecule has 1 heterocycles. The van der Waals surface area contributed by atoms with Crippen molar-refractivity contribution >= 4 is 22.5 Å². The number of nitrogens with zero attached hydrogens (tertiary/aromatic N) is 2. The van der Waals surface area contributed by atoms with E-state index >= 15 is 0 Å². The molecule has 5 heteroatoms. The van der Waals surface area contributed by atoms with Crippen LogP contribution in [0.3, 0.4) is 0 Å². The molecule has 20 heavy (non-hydrogen) atoms. The molecule has 1 aromatic carbocycles. The Kier molecular flexibility index (Phi) is 4.30. The highest BCUT2D eigenvalue weighted by Gasteiger charge is 2.15. The van der Waals surface area contributed by atoms with Gasteiger partial charge in [0.05, 0.1) is 11.2 Å². The van der Waals surface area contributed by atoms with Crippen LogP contribution in [0.15, 0.2) is 30.9 Å². The van der Waals surface area contributed by atoms with Crippen molar-refractivity contribution in [3.63, 3.8) is 0 Å². The molecule has 0 spiro atoms. The van der Waals surface area contributed by atoms with Crippen molar-refractivity contribution in [1.82, 2.24) is 15.5 Å². The van der Waals surface area contributed by atoms with Crippen molar-refractivity contribution in [3.05, 3.63) is 42.1 Å². The zero-order chi connectivity index (χ0) is 14.5. The third-order valence-electron chi connectivity index (χ3n) is 3.06. The number of amides is 1. The second-order valence-electron chi connectivity index (χ2n) is 4.52. The van der Waals surface area contributed by atoms with E-state index in [0.717, 1.165) is 29.3 Å². The van der Waals surface area contributed by atoms with Gasteiger partial charge in [-0.1, -0.05) is 37.6 Å². The molecule has 3 N–H and O–H groups in total. The second-order valence-corrected chi connectivity index (χ2v) is 4.52. The lowest BCUT2D eigenvalue weighted by atomic mass is 10.0. The third kappa shape index (κ3) is 2.61. The van der Waals surface area contributed by atoms with Crippen LogP contribution >= 0.6 is 0 Å². The Bertz CT molecular complexity index is 652. The molecule has 0 fully saturated rings. The van der Waals surface area contributed by atoms with E-state index in [0.29, 0.717) is 12.2 Å². The minimum absolute atomic E-state index is 0.160. The molecule has 0 aliphatic carbocycles. The topological polar surface area (TPSA) is 80.9 Å². The molecule has 0 aliphatic rings. The smallest absolute Gasteiger partial charge is 0.274 e. The summed E-state index contributed by atoms with van der Waals surface area (Å²) in [6.45, 7) is 6.02. The van der Waals surface area contributed by atoms with Crippen LogP contribution in [0.1, 0.15) is 29.4 Å². The second kappa shape index (κ2) is 6.14. The van der Waals surface area contributed by atoms with Crippen LogP contribution in [0, 0.1) is 0 Å². The average molecular weight is 270 g/mol. The largest absolute Gasteiger partial charge is 0.396 e. The number of carbonyl (C=O) groups is 1. The van der Waals surface area contributed by atoms with E-state index in [1.54, 1.807) is 6.08 Å². The summed E-state index contributed by atoms with van der Waals surface area (Å²) in [5.41, 5.74) is 8.47.